The van der Waals surface area contributed by atoms with Crippen LogP contribution in [0, 0.1) is 0 Å². The van der Waals surface area contributed by atoms with Crippen molar-refractivity contribution in [1.82, 2.24) is 0 Å². The molecule has 17 heavy (non-hydrogen) atoms. The van der Waals surface area contributed by atoms with Crippen LogP contribution in [0.15, 0.2) is 30.3 Å². The molecule has 0 radical (unpaired) electrons. The predicted molar refractivity (Wildman–Crippen MR) is 67.9 cm³/mol. The molecule has 0 unspecified atom stereocenters. The fourth-order valence-corrected chi connectivity index (χ4v) is 1.58. The van der Waals surface area contributed by atoms with Gasteiger partial charge in [0, 0.05) is 6.08 Å². The Bertz CT molecular complexity index is 390. The first-order valence-electron chi connectivity index (χ1n) is 5.64. The molecule has 0 aliphatic rings. The Kier molecular flexibility index (Phi) is 5.27. The molecule has 0 amide bonds. The maximum atomic E-state index is 11.3. The minimum Gasteiger partial charge on any atom is -0.497 e. The lowest BCUT2D eigenvalue weighted by atomic mass is 10.0. The molecule has 0 heterocycles. The summed E-state index contributed by atoms with van der Waals surface area (Å²) in [7, 11) is 3.02. The van der Waals surface area contributed by atoms with Gasteiger partial charge >= 0.3 is 5.97 Å². The molecule has 0 aliphatic heterocycles. The highest BCUT2D eigenvalue weighted by Gasteiger charge is 2.04. The van der Waals surface area contributed by atoms with Crippen molar-refractivity contribution in [3.8, 4) is 5.75 Å². The number of ether oxygens (including phenoxy) is 2. The number of hydrogen-bond acceptors (Lipinski definition) is 3. The molecular formula is C14H18O3. The van der Waals surface area contributed by atoms with E-state index in [1.54, 1.807) is 13.2 Å². The first-order chi connectivity index (χ1) is 8.21. The summed E-state index contributed by atoms with van der Waals surface area (Å²) in [6, 6.07) is 7.67. The minimum absolute atomic E-state index is 0.315. The third kappa shape index (κ3) is 3.94. The van der Waals surface area contributed by atoms with Gasteiger partial charge in [-0.2, -0.15) is 0 Å². The van der Waals surface area contributed by atoms with Crippen LogP contribution in [0.3, 0.4) is 0 Å². The molecule has 0 saturated carbocycles. The van der Waals surface area contributed by atoms with E-state index in [2.05, 4.69) is 11.7 Å². The Morgan fingerprint density at radius 3 is 2.35 bits per heavy atom. The maximum Gasteiger partial charge on any atom is 0.330 e. The second-order valence-corrected chi connectivity index (χ2v) is 3.67. The zero-order valence-electron chi connectivity index (χ0n) is 10.5. The van der Waals surface area contributed by atoms with Gasteiger partial charge in [-0.25, -0.2) is 4.79 Å². The van der Waals surface area contributed by atoms with Crippen molar-refractivity contribution >= 4 is 11.5 Å². The number of methoxy groups -OCH3 is 2. The normalized spacial score (nSPS) is 11.1. The number of benzene rings is 1. The van der Waals surface area contributed by atoms with E-state index in [9.17, 15) is 4.79 Å². The number of esters is 1. The van der Waals surface area contributed by atoms with Crippen molar-refractivity contribution in [1.29, 1.82) is 0 Å². The Labute approximate surface area is 102 Å². The molecule has 0 fully saturated rings. The van der Waals surface area contributed by atoms with Crippen LogP contribution in [-0.2, 0) is 9.53 Å². The van der Waals surface area contributed by atoms with Gasteiger partial charge in [0.25, 0.3) is 0 Å². The quantitative estimate of drug-likeness (QED) is 0.580. The number of rotatable bonds is 5. The van der Waals surface area contributed by atoms with Gasteiger partial charge in [0.15, 0.2) is 0 Å². The van der Waals surface area contributed by atoms with Crippen LogP contribution in [0.4, 0.5) is 0 Å². The molecule has 3 heteroatoms. The van der Waals surface area contributed by atoms with Gasteiger partial charge in [0.2, 0.25) is 0 Å². The van der Waals surface area contributed by atoms with Crippen molar-refractivity contribution < 1.29 is 14.3 Å². The maximum absolute atomic E-state index is 11.3. The van der Waals surface area contributed by atoms with E-state index >= 15 is 0 Å². The summed E-state index contributed by atoms with van der Waals surface area (Å²) in [4.78, 5) is 11.3. The molecule has 0 atom stereocenters. The third-order valence-corrected chi connectivity index (χ3v) is 2.47. The summed E-state index contributed by atoms with van der Waals surface area (Å²) in [5.74, 6) is 0.493. The van der Waals surface area contributed by atoms with Crippen LogP contribution >= 0.6 is 0 Å². The van der Waals surface area contributed by atoms with Crippen molar-refractivity contribution in [3.63, 3.8) is 0 Å². The summed E-state index contributed by atoms with van der Waals surface area (Å²) < 4.78 is 9.75. The van der Waals surface area contributed by atoms with Crippen molar-refractivity contribution in [2.45, 2.75) is 19.8 Å². The molecule has 3 nitrogen and oxygen atoms in total. The first-order valence-corrected chi connectivity index (χ1v) is 5.64. The van der Waals surface area contributed by atoms with Gasteiger partial charge in [-0.05, 0) is 29.7 Å². The minimum atomic E-state index is -0.315. The molecule has 1 rings (SSSR count). The van der Waals surface area contributed by atoms with Crippen LogP contribution in [-0.4, -0.2) is 20.2 Å². The lowest BCUT2D eigenvalue weighted by Gasteiger charge is -2.07. The first kappa shape index (κ1) is 13.3. The molecular weight excluding hydrogens is 216 g/mol. The molecule has 1 aromatic carbocycles. The summed E-state index contributed by atoms with van der Waals surface area (Å²) in [6.07, 6.45) is 3.38. The Hall–Kier alpha value is -1.77. The second-order valence-electron chi connectivity index (χ2n) is 3.67. The fourth-order valence-electron chi connectivity index (χ4n) is 1.58. The lowest BCUT2D eigenvalue weighted by Crippen LogP contribution is -1.97. The number of carbonyl (C=O) groups is 1. The van der Waals surface area contributed by atoms with Crippen molar-refractivity contribution in [2.75, 3.05) is 14.2 Å². The Morgan fingerprint density at radius 2 is 1.88 bits per heavy atom. The van der Waals surface area contributed by atoms with Gasteiger partial charge < -0.3 is 9.47 Å². The van der Waals surface area contributed by atoms with Crippen LogP contribution in [0.1, 0.15) is 25.3 Å². The molecule has 0 saturated heterocycles. The highest BCUT2D eigenvalue weighted by atomic mass is 16.5. The monoisotopic (exact) mass is 234 g/mol. The third-order valence-electron chi connectivity index (χ3n) is 2.47. The van der Waals surface area contributed by atoms with Crippen LogP contribution < -0.4 is 4.74 Å². The summed E-state index contributed by atoms with van der Waals surface area (Å²) in [5, 5.41) is 0. The summed E-state index contributed by atoms with van der Waals surface area (Å²) in [6.45, 7) is 2.08. The number of hydrogen-bond donors (Lipinski definition) is 0. The highest BCUT2D eigenvalue weighted by Crippen LogP contribution is 2.22. The molecule has 92 valence electrons. The smallest absolute Gasteiger partial charge is 0.330 e. The standard InChI is InChI=1S/C14H18O3/c1-4-5-12(10-14(15)17-3)11-6-8-13(16-2)9-7-11/h6-10H,4-5H2,1-3H3. The van der Waals surface area contributed by atoms with Gasteiger partial charge in [0.1, 0.15) is 5.75 Å². The van der Waals surface area contributed by atoms with Gasteiger partial charge in [-0.1, -0.05) is 25.5 Å². The summed E-state index contributed by atoms with van der Waals surface area (Å²) in [5.41, 5.74) is 2.01. The van der Waals surface area contributed by atoms with E-state index in [4.69, 9.17) is 4.74 Å². The number of carbonyl (C=O) groups excluding carboxylic acids is 1. The Morgan fingerprint density at radius 1 is 1.24 bits per heavy atom. The van der Waals surface area contributed by atoms with E-state index in [1.807, 2.05) is 24.3 Å². The van der Waals surface area contributed by atoms with E-state index in [0.29, 0.717) is 0 Å². The average molecular weight is 234 g/mol. The van der Waals surface area contributed by atoms with Crippen LogP contribution in [0.2, 0.25) is 0 Å². The van der Waals surface area contributed by atoms with E-state index in [-0.39, 0.29) is 5.97 Å². The predicted octanol–water partition coefficient (Wildman–Crippen LogP) is 3.05. The molecule has 0 N–H and O–H groups in total. The van der Waals surface area contributed by atoms with E-state index in [1.165, 1.54) is 7.11 Å². The average Bonchev–Trinajstić information content (AvgIpc) is 2.38. The summed E-state index contributed by atoms with van der Waals surface area (Å²) >= 11 is 0. The molecule has 0 aromatic heterocycles. The topological polar surface area (TPSA) is 35.5 Å². The molecule has 1 aromatic rings. The second kappa shape index (κ2) is 6.74. The lowest BCUT2D eigenvalue weighted by molar-refractivity contribution is -0.134. The van der Waals surface area contributed by atoms with Crippen molar-refractivity contribution in [2.24, 2.45) is 0 Å². The zero-order valence-corrected chi connectivity index (χ0v) is 10.5. The fraction of sp³-hybridized carbons (Fsp3) is 0.357. The molecule has 0 spiro atoms. The largest absolute Gasteiger partial charge is 0.497 e. The zero-order chi connectivity index (χ0) is 12.7. The number of allylic oxidation sites excluding steroid dienone is 1. The van der Waals surface area contributed by atoms with E-state index in [0.717, 1.165) is 29.7 Å². The molecule has 0 bridgehead atoms. The highest BCUT2D eigenvalue weighted by molar-refractivity contribution is 5.91. The van der Waals surface area contributed by atoms with Crippen molar-refractivity contribution in [3.05, 3.63) is 35.9 Å². The van der Waals surface area contributed by atoms with Gasteiger partial charge in [0.05, 0.1) is 14.2 Å². The Balaban J connectivity index is 2.96. The SMILES string of the molecule is CCCC(=CC(=O)OC)c1ccc(OC)cc1. The van der Waals surface area contributed by atoms with Crippen LogP contribution in [0.25, 0.3) is 5.57 Å². The van der Waals surface area contributed by atoms with E-state index < -0.39 is 0 Å². The molecule has 0 aliphatic carbocycles. The van der Waals surface area contributed by atoms with Crippen LogP contribution in [0.5, 0.6) is 5.75 Å². The van der Waals surface area contributed by atoms with Gasteiger partial charge in [-0.15, -0.1) is 0 Å². The van der Waals surface area contributed by atoms with Gasteiger partial charge in [-0.3, -0.25) is 0 Å².